The number of amides is 1. The molecule has 3 rings (SSSR count). The zero-order chi connectivity index (χ0) is 19.4. The molecule has 0 saturated carbocycles. The molecule has 28 heavy (non-hydrogen) atoms. The van der Waals surface area contributed by atoms with Crippen LogP contribution in [0.2, 0.25) is 0 Å². The number of nitrogens with one attached hydrogen (secondary N) is 1. The van der Waals surface area contributed by atoms with Crippen molar-refractivity contribution in [2.45, 2.75) is 23.8 Å². The summed E-state index contributed by atoms with van der Waals surface area (Å²) in [6.07, 6.45) is 1.79. The molecule has 1 unspecified atom stereocenters. The number of halogens is 2. The molecule has 152 valence electrons. The van der Waals surface area contributed by atoms with Crippen LogP contribution >= 0.6 is 12.4 Å². The van der Waals surface area contributed by atoms with E-state index < -0.39 is 27.8 Å². The molecule has 1 atom stereocenters. The molecule has 1 aliphatic rings. The minimum absolute atomic E-state index is 0. The number of benzene rings is 2. The summed E-state index contributed by atoms with van der Waals surface area (Å²) >= 11 is 0. The second-order valence-electron chi connectivity index (χ2n) is 6.51. The standard InChI is InChI=1S/C19H22FN3O3S.ClH/c20-17-12-15(8-9-16(17)19(24)23-10-4-5-11-23)27(25,26)22-13-18(21)14-6-2-1-3-7-14;/h1-3,6-9,12,18,22H,4-5,10-11,13,21H2;1H. The average molecular weight is 428 g/mol. The Morgan fingerprint density at radius 2 is 1.79 bits per heavy atom. The Hall–Kier alpha value is -2.00. The lowest BCUT2D eigenvalue weighted by molar-refractivity contribution is 0.0788. The summed E-state index contributed by atoms with van der Waals surface area (Å²) in [5.41, 5.74) is 6.67. The predicted molar refractivity (Wildman–Crippen MR) is 107 cm³/mol. The van der Waals surface area contributed by atoms with Crippen LogP contribution in [0.15, 0.2) is 53.4 Å². The number of nitrogens with two attached hydrogens (primary N) is 1. The molecule has 0 aromatic heterocycles. The van der Waals surface area contributed by atoms with E-state index in [4.69, 9.17) is 5.73 Å². The molecular weight excluding hydrogens is 405 g/mol. The summed E-state index contributed by atoms with van der Waals surface area (Å²) in [7, 11) is -3.94. The molecule has 9 heteroatoms. The van der Waals surface area contributed by atoms with E-state index in [-0.39, 0.29) is 29.4 Å². The Kier molecular flexibility index (Phi) is 7.54. The van der Waals surface area contributed by atoms with Crippen LogP contribution in [0.5, 0.6) is 0 Å². The van der Waals surface area contributed by atoms with Crippen LogP contribution < -0.4 is 10.5 Å². The maximum atomic E-state index is 14.4. The lowest BCUT2D eigenvalue weighted by atomic mass is 10.1. The van der Waals surface area contributed by atoms with Crippen LogP contribution in [0.1, 0.15) is 34.8 Å². The van der Waals surface area contributed by atoms with Crippen LogP contribution in [-0.2, 0) is 10.0 Å². The van der Waals surface area contributed by atoms with Gasteiger partial charge in [0.25, 0.3) is 5.91 Å². The van der Waals surface area contributed by atoms with Crippen molar-refractivity contribution < 1.29 is 17.6 Å². The van der Waals surface area contributed by atoms with E-state index in [2.05, 4.69) is 4.72 Å². The molecular formula is C19H23ClFN3O3S. The van der Waals surface area contributed by atoms with Crippen molar-refractivity contribution in [2.24, 2.45) is 5.73 Å². The maximum Gasteiger partial charge on any atom is 0.256 e. The molecule has 0 aliphatic carbocycles. The van der Waals surface area contributed by atoms with Gasteiger partial charge in [-0.05, 0) is 36.6 Å². The third-order valence-corrected chi connectivity index (χ3v) is 6.02. The van der Waals surface area contributed by atoms with Gasteiger partial charge in [-0.3, -0.25) is 4.79 Å². The number of rotatable bonds is 6. The first-order chi connectivity index (χ1) is 12.9. The van der Waals surface area contributed by atoms with Crippen molar-refractivity contribution in [3.05, 3.63) is 65.5 Å². The van der Waals surface area contributed by atoms with Crippen molar-refractivity contribution in [3.8, 4) is 0 Å². The Labute approximate surface area is 170 Å². The number of carbonyl (C=O) groups is 1. The molecule has 3 N–H and O–H groups in total. The number of carbonyl (C=O) groups excluding carboxylic acids is 1. The Bertz CT molecular complexity index is 919. The van der Waals surface area contributed by atoms with Gasteiger partial charge < -0.3 is 10.6 Å². The molecule has 1 aliphatic heterocycles. The van der Waals surface area contributed by atoms with Gasteiger partial charge in [-0.15, -0.1) is 12.4 Å². The molecule has 1 heterocycles. The third-order valence-electron chi connectivity index (χ3n) is 4.60. The number of hydrogen-bond acceptors (Lipinski definition) is 4. The minimum atomic E-state index is -3.94. The van der Waals surface area contributed by atoms with Gasteiger partial charge in [0.1, 0.15) is 5.82 Å². The van der Waals surface area contributed by atoms with Crippen LogP contribution in [0, 0.1) is 5.82 Å². The zero-order valence-electron chi connectivity index (χ0n) is 15.2. The zero-order valence-corrected chi connectivity index (χ0v) is 16.8. The first-order valence-electron chi connectivity index (χ1n) is 8.77. The molecule has 1 fully saturated rings. The molecule has 2 aromatic carbocycles. The summed E-state index contributed by atoms with van der Waals surface area (Å²) in [5.74, 6) is -1.25. The summed E-state index contributed by atoms with van der Waals surface area (Å²) in [6.45, 7) is 1.16. The normalized spacial score (nSPS) is 15.1. The summed E-state index contributed by atoms with van der Waals surface area (Å²) < 4.78 is 41.6. The maximum absolute atomic E-state index is 14.4. The number of nitrogens with zero attached hydrogens (tertiary/aromatic N) is 1. The van der Waals surface area contributed by atoms with Gasteiger partial charge in [0.2, 0.25) is 10.0 Å². The van der Waals surface area contributed by atoms with Crippen molar-refractivity contribution in [1.82, 2.24) is 9.62 Å². The van der Waals surface area contributed by atoms with Crippen LogP contribution in [0.4, 0.5) is 4.39 Å². The molecule has 1 amide bonds. The first-order valence-corrected chi connectivity index (χ1v) is 10.3. The van der Waals surface area contributed by atoms with E-state index in [0.29, 0.717) is 13.1 Å². The predicted octanol–water partition coefficient (Wildman–Crippen LogP) is 2.46. The van der Waals surface area contributed by atoms with Crippen LogP contribution in [-0.4, -0.2) is 38.9 Å². The van der Waals surface area contributed by atoms with E-state index >= 15 is 0 Å². The largest absolute Gasteiger partial charge is 0.339 e. The number of sulfonamides is 1. The molecule has 2 aromatic rings. The fraction of sp³-hybridized carbons (Fsp3) is 0.316. The van der Waals surface area contributed by atoms with Gasteiger partial charge in [0, 0.05) is 25.7 Å². The molecule has 0 spiro atoms. The van der Waals surface area contributed by atoms with E-state index in [1.165, 1.54) is 12.1 Å². The minimum Gasteiger partial charge on any atom is -0.339 e. The lowest BCUT2D eigenvalue weighted by Gasteiger charge is -2.16. The topological polar surface area (TPSA) is 92.5 Å². The van der Waals surface area contributed by atoms with Gasteiger partial charge in [-0.2, -0.15) is 0 Å². The van der Waals surface area contributed by atoms with Gasteiger partial charge in [-0.1, -0.05) is 30.3 Å². The van der Waals surface area contributed by atoms with E-state index in [9.17, 15) is 17.6 Å². The van der Waals surface area contributed by atoms with Crippen molar-refractivity contribution in [2.75, 3.05) is 19.6 Å². The van der Waals surface area contributed by atoms with Crippen LogP contribution in [0.3, 0.4) is 0 Å². The second kappa shape index (κ2) is 9.47. The number of likely N-dealkylation sites (tertiary alicyclic amines) is 1. The van der Waals surface area contributed by atoms with E-state index in [0.717, 1.165) is 24.5 Å². The smallest absolute Gasteiger partial charge is 0.256 e. The summed E-state index contributed by atoms with van der Waals surface area (Å²) in [4.78, 5) is 13.6. The molecule has 1 saturated heterocycles. The molecule has 6 nitrogen and oxygen atoms in total. The first kappa shape index (κ1) is 22.3. The average Bonchev–Trinajstić information content (AvgIpc) is 3.21. The fourth-order valence-corrected chi connectivity index (χ4v) is 4.10. The summed E-state index contributed by atoms with van der Waals surface area (Å²) in [5, 5.41) is 0. The van der Waals surface area contributed by atoms with Gasteiger partial charge in [0.05, 0.1) is 10.5 Å². The fourth-order valence-electron chi connectivity index (χ4n) is 3.03. The van der Waals surface area contributed by atoms with Gasteiger partial charge in [-0.25, -0.2) is 17.5 Å². The van der Waals surface area contributed by atoms with Crippen molar-refractivity contribution >= 4 is 28.3 Å². The lowest BCUT2D eigenvalue weighted by Crippen LogP contribution is -2.32. The number of hydrogen-bond donors (Lipinski definition) is 2. The highest BCUT2D eigenvalue weighted by Gasteiger charge is 2.24. The Morgan fingerprint density at radius 1 is 1.14 bits per heavy atom. The highest BCUT2D eigenvalue weighted by Crippen LogP contribution is 2.19. The van der Waals surface area contributed by atoms with Gasteiger partial charge in [0.15, 0.2) is 0 Å². The van der Waals surface area contributed by atoms with Gasteiger partial charge >= 0.3 is 0 Å². The second-order valence-corrected chi connectivity index (χ2v) is 8.28. The van der Waals surface area contributed by atoms with E-state index in [1.807, 2.05) is 18.2 Å². The van der Waals surface area contributed by atoms with Crippen LogP contribution in [0.25, 0.3) is 0 Å². The highest BCUT2D eigenvalue weighted by atomic mass is 35.5. The Balaban J connectivity index is 0.00000280. The molecule has 0 bridgehead atoms. The highest BCUT2D eigenvalue weighted by molar-refractivity contribution is 7.89. The summed E-state index contributed by atoms with van der Waals surface area (Å²) in [6, 6.07) is 11.9. The Morgan fingerprint density at radius 3 is 2.39 bits per heavy atom. The quantitative estimate of drug-likeness (QED) is 0.740. The monoisotopic (exact) mass is 427 g/mol. The third kappa shape index (κ3) is 5.08. The van der Waals surface area contributed by atoms with Crippen molar-refractivity contribution in [1.29, 1.82) is 0 Å². The van der Waals surface area contributed by atoms with Crippen molar-refractivity contribution in [3.63, 3.8) is 0 Å². The van der Waals surface area contributed by atoms with E-state index in [1.54, 1.807) is 17.0 Å². The molecule has 0 radical (unpaired) electrons. The SMILES string of the molecule is Cl.NC(CNS(=O)(=O)c1ccc(C(=O)N2CCCC2)c(F)c1)c1ccccc1.